The monoisotopic (exact) mass is 260 g/mol. The molecular weight excluding hydrogens is 236 g/mol. The van der Waals surface area contributed by atoms with E-state index in [-0.39, 0.29) is 11.8 Å². The zero-order valence-electron chi connectivity index (χ0n) is 11.9. The molecule has 0 radical (unpaired) electrons. The third kappa shape index (κ3) is 3.80. The first-order valence-electron chi connectivity index (χ1n) is 7.29. The van der Waals surface area contributed by atoms with Gasteiger partial charge in [-0.25, -0.2) is 0 Å². The maximum atomic E-state index is 12.1. The van der Waals surface area contributed by atoms with Gasteiger partial charge in [0.25, 0.3) is 0 Å². The third-order valence-electron chi connectivity index (χ3n) is 4.09. The highest BCUT2D eigenvalue weighted by Gasteiger charge is 2.20. The molecular formula is C16H24N2O. The van der Waals surface area contributed by atoms with Crippen LogP contribution in [0, 0.1) is 5.92 Å². The van der Waals surface area contributed by atoms with Gasteiger partial charge in [-0.3, -0.25) is 4.79 Å². The molecule has 0 spiro atoms. The van der Waals surface area contributed by atoms with Gasteiger partial charge in [0.2, 0.25) is 5.91 Å². The third-order valence-corrected chi connectivity index (χ3v) is 4.09. The van der Waals surface area contributed by atoms with Gasteiger partial charge >= 0.3 is 0 Å². The van der Waals surface area contributed by atoms with Crippen molar-refractivity contribution >= 4 is 11.6 Å². The molecule has 0 aliphatic heterocycles. The fourth-order valence-corrected chi connectivity index (χ4v) is 2.63. The van der Waals surface area contributed by atoms with Crippen molar-refractivity contribution in [2.45, 2.75) is 45.1 Å². The van der Waals surface area contributed by atoms with Crippen molar-refractivity contribution in [3.8, 4) is 0 Å². The average molecular weight is 260 g/mol. The highest BCUT2D eigenvalue weighted by Crippen LogP contribution is 2.25. The van der Waals surface area contributed by atoms with Crippen LogP contribution in [0.15, 0.2) is 24.3 Å². The fraction of sp³-hybridized carbons (Fsp3) is 0.562. The van der Waals surface area contributed by atoms with Gasteiger partial charge < -0.3 is 10.6 Å². The van der Waals surface area contributed by atoms with E-state index in [4.69, 9.17) is 0 Å². The minimum Gasteiger partial charge on any atom is -0.326 e. The van der Waals surface area contributed by atoms with Gasteiger partial charge in [0.15, 0.2) is 0 Å². The van der Waals surface area contributed by atoms with Crippen LogP contribution < -0.4 is 10.6 Å². The molecule has 1 aliphatic rings. The molecule has 1 saturated carbocycles. The van der Waals surface area contributed by atoms with E-state index in [0.717, 1.165) is 18.5 Å². The summed E-state index contributed by atoms with van der Waals surface area (Å²) >= 11 is 0. The quantitative estimate of drug-likeness (QED) is 0.870. The standard InChI is InChI=1S/C16H24N2O/c1-12(17-2)13-8-10-15(11-9-13)18-16(19)14-6-4-3-5-7-14/h8-12,14,17H,3-7H2,1-2H3,(H,18,19). The van der Waals surface area contributed by atoms with Gasteiger partial charge in [0.05, 0.1) is 0 Å². The van der Waals surface area contributed by atoms with Crippen molar-refractivity contribution in [2.24, 2.45) is 5.92 Å². The maximum absolute atomic E-state index is 12.1. The molecule has 0 saturated heterocycles. The minimum atomic E-state index is 0.189. The number of rotatable bonds is 4. The Morgan fingerprint density at radius 3 is 2.37 bits per heavy atom. The van der Waals surface area contributed by atoms with Crippen LogP contribution in [-0.4, -0.2) is 13.0 Å². The number of hydrogen-bond acceptors (Lipinski definition) is 2. The van der Waals surface area contributed by atoms with Gasteiger partial charge in [-0.15, -0.1) is 0 Å². The van der Waals surface area contributed by atoms with Crippen LogP contribution in [0.1, 0.15) is 50.6 Å². The minimum absolute atomic E-state index is 0.189. The van der Waals surface area contributed by atoms with Crippen molar-refractivity contribution in [1.82, 2.24) is 5.32 Å². The molecule has 3 heteroatoms. The first-order chi connectivity index (χ1) is 9.20. The number of carbonyl (C=O) groups is 1. The van der Waals surface area contributed by atoms with Crippen molar-refractivity contribution in [2.75, 3.05) is 12.4 Å². The van der Waals surface area contributed by atoms with Gasteiger partial charge in [0.1, 0.15) is 0 Å². The lowest BCUT2D eigenvalue weighted by Crippen LogP contribution is -2.24. The number of amides is 1. The predicted molar refractivity (Wildman–Crippen MR) is 79.1 cm³/mol. The Morgan fingerprint density at radius 1 is 1.16 bits per heavy atom. The summed E-state index contributed by atoms with van der Waals surface area (Å²) in [5, 5.41) is 6.24. The largest absolute Gasteiger partial charge is 0.326 e. The predicted octanol–water partition coefficient (Wildman–Crippen LogP) is 3.49. The van der Waals surface area contributed by atoms with E-state index < -0.39 is 0 Å². The highest BCUT2D eigenvalue weighted by molar-refractivity contribution is 5.92. The number of nitrogens with one attached hydrogen (secondary N) is 2. The Balaban J connectivity index is 1.93. The van der Waals surface area contributed by atoms with Crippen molar-refractivity contribution in [3.63, 3.8) is 0 Å². The van der Waals surface area contributed by atoms with E-state index in [1.807, 2.05) is 19.2 Å². The molecule has 1 unspecified atom stereocenters. The Morgan fingerprint density at radius 2 is 1.79 bits per heavy atom. The van der Waals surface area contributed by atoms with E-state index in [0.29, 0.717) is 6.04 Å². The van der Waals surface area contributed by atoms with E-state index in [2.05, 4.69) is 29.7 Å². The Bertz CT molecular complexity index is 407. The number of benzene rings is 1. The van der Waals surface area contributed by atoms with E-state index in [1.165, 1.54) is 24.8 Å². The molecule has 1 aromatic rings. The van der Waals surface area contributed by atoms with Crippen molar-refractivity contribution in [3.05, 3.63) is 29.8 Å². The molecule has 19 heavy (non-hydrogen) atoms. The number of hydrogen-bond donors (Lipinski definition) is 2. The van der Waals surface area contributed by atoms with E-state index in [9.17, 15) is 4.79 Å². The summed E-state index contributed by atoms with van der Waals surface area (Å²) in [4.78, 5) is 12.1. The summed E-state index contributed by atoms with van der Waals surface area (Å²) in [7, 11) is 1.95. The smallest absolute Gasteiger partial charge is 0.227 e. The lowest BCUT2D eigenvalue weighted by atomic mass is 9.88. The normalized spacial score (nSPS) is 18.0. The zero-order chi connectivity index (χ0) is 13.7. The summed E-state index contributed by atoms with van der Waals surface area (Å²) < 4.78 is 0. The van der Waals surface area contributed by atoms with Crippen LogP contribution in [0.25, 0.3) is 0 Å². The van der Waals surface area contributed by atoms with E-state index >= 15 is 0 Å². The second-order valence-electron chi connectivity index (χ2n) is 5.46. The molecule has 1 amide bonds. The molecule has 2 rings (SSSR count). The van der Waals surface area contributed by atoms with Crippen LogP contribution in [0.4, 0.5) is 5.69 Å². The number of anilines is 1. The van der Waals surface area contributed by atoms with Crippen LogP contribution in [0.3, 0.4) is 0 Å². The second kappa shape index (κ2) is 6.71. The molecule has 0 aromatic heterocycles. The SMILES string of the molecule is CNC(C)c1ccc(NC(=O)C2CCCCC2)cc1. The molecule has 104 valence electrons. The second-order valence-corrected chi connectivity index (χ2v) is 5.46. The topological polar surface area (TPSA) is 41.1 Å². The Kier molecular flexibility index (Phi) is 4.97. The zero-order valence-corrected chi connectivity index (χ0v) is 11.9. The van der Waals surface area contributed by atoms with Gasteiger partial charge in [-0.2, -0.15) is 0 Å². The molecule has 1 aromatic carbocycles. The van der Waals surface area contributed by atoms with Crippen molar-refractivity contribution < 1.29 is 4.79 Å². The maximum Gasteiger partial charge on any atom is 0.227 e. The van der Waals surface area contributed by atoms with E-state index in [1.54, 1.807) is 0 Å². The fourth-order valence-electron chi connectivity index (χ4n) is 2.63. The van der Waals surface area contributed by atoms with Crippen LogP contribution in [0.5, 0.6) is 0 Å². The molecule has 3 nitrogen and oxygen atoms in total. The van der Waals surface area contributed by atoms with Crippen LogP contribution in [-0.2, 0) is 4.79 Å². The summed E-state index contributed by atoms with van der Waals surface area (Å²) in [5.74, 6) is 0.402. The summed E-state index contributed by atoms with van der Waals surface area (Å²) in [6.07, 6.45) is 5.75. The summed E-state index contributed by atoms with van der Waals surface area (Å²) in [6.45, 7) is 2.12. The average Bonchev–Trinajstić information content (AvgIpc) is 2.48. The Labute approximate surface area is 115 Å². The van der Waals surface area contributed by atoms with Crippen LogP contribution in [0.2, 0.25) is 0 Å². The van der Waals surface area contributed by atoms with Gasteiger partial charge in [-0.05, 0) is 44.5 Å². The van der Waals surface area contributed by atoms with Crippen LogP contribution >= 0.6 is 0 Å². The molecule has 2 N–H and O–H groups in total. The molecule has 0 bridgehead atoms. The Hall–Kier alpha value is -1.35. The first kappa shape index (κ1) is 14.1. The molecule has 0 heterocycles. The lowest BCUT2D eigenvalue weighted by molar-refractivity contribution is -0.120. The summed E-state index contributed by atoms with van der Waals surface area (Å²) in [6, 6.07) is 8.45. The summed E-state index contributed by atoms with van der Waals surface area (Å²) in [5.41, 5.74) is 2.14. The molecule has 1 atom stereocenters. The molecule has 1 fully saturated rings. The lowest BCUT2D eigenvalue weighted by Gasteiger charge is -2.21. The van der Waals surface area contributed by atoms with Gasteiger partial charge in [0, 0.05) is 17.6 Å². The first-order valence-corrected chi connectivity index (χ1v) is 7.29. The number of carbonyl (C=O) groups excluding carboxylic acids is 1. The molecule has 1 aliphatic carbocycles. The highest BCUT2D eigenvalue weighted by atomic mass is 16.1. The van der Waals surface area contributed by atoms with Gasteiger partial charge in [-0.1, -0.05) is 31.4 Å². The van der Waals surface area contributed by atoms with Crippen molar-refractivity contribution in [1.29, 1.82) is 0 Å².